The van der Waals surface area contributed by atoms with Crippen LogP contribution >= 0.6 is 11.8 Å². The highest BCUT2D eigenvalue weighted by Crippen LogP contribution is 2.00. The minimum Gasteiger partial charge on any atom is -0.259 e. The summed E-state index contributed by atoms with van der Waals surface area (Å²) in [6, 6.07) is 0. The Labute approximate surface area is 57.7 Å². The van der Waals surface area contributed by atoms with Gasteiger partial charge >= 0.3 is 0 Å². The van der Waals surface area contributed by atoms with Crippen LogP contribution in [0.1, 0.15) is 13.8 Å². The summed E-state index contributed by atoms with van der Waals surface area (Å²) in [5.74, 6) is 1.87. The van der Waals surface area contributed by atoms with Gasteiger partial charge in [0.05, 0.1) is 5.08 Å². The summed E-state index contributed by atoms with van der Waals surface area (Å²) in [4.78, 5) is 0. The fraction of sp³-hybridized carbons (Fsp3) is 1.00. The molecule has 0 bridgehead atoms. The molecule has 0 aliphatic carbocycles. The third-order valence-electron chi connectivity index (χ3n) is 0.741. The van der Waals surface area contributed by atoms with E-state index in [0.29, 0.717) is 0 Å². The second-order valence-corrected chi connectivity index (χ2v) is 4.72. The van der Waals surface area contributed by atoms with Crippen molar-refractivity contribution in [1.82, 2.24) is 0 Å². The quantitative estimate of drug-likeness (QED) is 0.607. The van der Waals surface area contributed by atoms with Crippen molar-refractivity contribution in [1.29, 1.82) is 0 Å². The third-order valence-corrected chi connectivity index (χ3v) is 3.51. The lowest BCUT2D eigenvalue weighted by Crippen LogP contribution is -1.94. The van der Waals surface area contributed by atoms with Gasteiger partial charge in [0.25, 0.3) is 0 Å². The predicted molar refractivity (Wildman–Crippen MR) is 41.7 cm³/mol. The average Bonchev–Trinajstić information content (AvgIpc) is 1.83. The van der Waals surface area contributed by atoms with E-state index in [9.17, 15) is 4.21 Å². The molecule has 0 fully saturated rings. The molecule has 0 heterocycles. The zero-order chi connectivity index (χ0) is 6.41. The van der Waals surface area contributed by atoms with Crippen molar-refractivity contribution in [2.24, 2.45) is 0 Å². The van der Waals surface area contributed by atoms with Gasteiger partial charge in [0.15, 0.2) is 0 Å². The maximum Gasteiger partial charge on any atom is 0.0692 e. The van der Waals surface area contributed by atoms with Gasteiger partial charge in [0.1, 0.15) is 0 Å². The Morgan fingerprint density at radius 3 is 2.50 bits per heavy atom. The van der Waals surface area contributed by atoms with E-state index < -0.39 is 10.8 Å². The minimum absolute atomic E-state index is 0.564. The average molecular weight is 152 g/mol. The van der Waals surface area contributed by atoms with E-state index in [0.717, 1.165) is 16.6 Å². The summed E-state index contributed by atoms with van der Waals surface area (Å²) in [6.45, 7) is 4.03. The van der Waals surface area contributed by atoms with E-state index in [2.05, 4.69) is 6.92 Å². The first kappa shape index (κ1) is 8.50. The fourth-order valence-electron chi connectivity index (χ4n) is 0.260. The van der Waals surface area contributed by atoms with E-state index in [1.807, 2.05) is 6.92 Å². The molecule has 0 rings (SSSR count). The first-order valence-electron chi connectivity index (χ1n) is 2.74. The van der Waals surface area contributed by atoms with E-state index >= 15 is 0 Å². The van der Waals surface area contributed by atoms with Crippen LogP contribution in [0.25, 0.3) is 0 Å². The van der Waals surface area contributed by atoms with E-state index in [1.165, 1.54) is 0 Å². The fourth-order valence-corrected chi connectivity index (χ4v) is 2.34. The molecule has 0 saturated heterocycles. The van der Waals surface area contributed by atoms with Crippen LogP contribution in [0.5, 0.6) is 0 Å². The molecule has 0 aromatic carbocycles. The zero-order valence-electron chi connectivity index (χ0n) is 5.35. The normalized spacial score (nSPS) is 13.8. The lowest BCUT2D eigenvalue weighted by atomic mass is 11.0. The Kier molecular flexibility index (Phi) is 5.99. The molecular formula is C5H12OS2. The SMILES string of the molecule is CCSCS(=O)CC. The molecule has 0 aromatic heterocycles. The number of rotatable bonds is 4. The van der Waals surface area contributed by atoms with Gasteiger partial charge in [0, 0.05) is 16.6 Å². The smallest absolute Gasteiger partial charge is 0.0692 e. The molecule has 0 spiro atoms. The van der Waals surface area contributed by atoms with Gasteiger partial charge in [0.2, 0.25) is 0 Å². The molecule has 1 atom stereocenters. The lowest BCUT2D eigenvalue weighted by molar-refractivity contribution is 0.687. The molecule has 0 aromatic rings. The number of hydrogen-bond donors (Lipinski definition) is 0. The summed E-state index contributed by atoms with van der Waals surface area (Å²) in [5, 5.41) is 0.812. The van der Waals surface area contributed by atoms with Crippen LogP contribution in [0.4, 0.5) is 0 Å². The molecular weight excluding hydrogens is 140 g/mol. The topological polar surface area (TPSA) is 17.1 Å². The van der Waals surface area contributed by atoms with Crippen molar-refractivity contribution in [3.05, 3.63) is 0 Å². The Hall–Kier alpha value is 0.500. The molecule has 0 aliphatic heterocycles. The van der Waals surface area contributed by atoms with Gasteiger partial charge in [-0.05, 0) is 5.75 Å². The summed E-state index contributed by atoms with van der Waals surface area (Å²) < 4.78 is 10.7. The highest BCUT2D eigenvalue weighted by atomic mass is 32.2. The van der Waals surface area contributed by atoms with Crippen molar-refractivity contribution < 1.29 is 4.21 Å². The molecule has 0 aliphatic rings. The Morgan fingerprint density at radius 2 is 2.12 bits per heavy atom. The number of hydrogen-bond acceptors (Lipinski definition) is 2. The standard InChI is InChI=1S/C5H12OS2/c1-3-7-5-8(6)4-2/h3-5H2,1-2H3. The van der Waals surface area contributed by atoms with Gasteiger partial charge in [-0.1, -0.05) is 13.8 Å². The molecule has 0 amide bonds. The molecule has 1 unspecified atom stereocenters. The van der Waals surface area contributed by atoms with Gasteiger partial charge in [-0.3, -0.25) is 4.21 Å². The largest absolute Gasteiger partial charge is 0.259 e. The first-order valence-corrected chi connectivity index (χ1v) is 5.38. The maximum atomic E-state index is 10.7. The van der Waals surface area contributed by atoms with Crippen molar-refractivity contribution in [3.8, 4) is 0 Å². The summed E-state index contributed by atoms with van der Waals surface area (Å²) >= 11 is 1.74. The van der Waals surface area contributed by atoms with Gasteiger partial charge < -0.3 is 0 Å². The van der Waals surface area contributed by atoms with Gasteiger partial charge in [-0.15, -0.1) is 11.8 Å². The third kappa shape index (κ3) is 4.65. The van der Waals surface area contributed by atoms with Crippen LogP contribution in [-0.2, 0) is 10.8 Å². The van der Waals surface area contributed by atoms with E-state index in [4.69, 9.17) is 0 Å². The highest BCUT2D eigenvalue weighted by molar-refractivity contribution is 8.10. The Balaban J connectivity index is 2.99. The van der Waals surface area contributed by atoms with E-state index in [1.54, 1.807) is 11.8 Å². The second kappa shape index (κ2) is 5.63. The summed E-state index contributed by atoms with van der Waals surface area (Å²) in [6.07, 6.45) is 0. The van der Waals surface area contributed by atoms with Crippen molar-refractivity contribution >= 4 is 22.6 Å². The van der Waals surface area contributed by atoms with E-state index in [-0.39, 0.29) is 0 Å². The van der Waals surface area contributed by atoms with Crippen LogP contribution in [-0.4, -0.2) is 20.8 Å². The summed E-state index contributed by atoms with van der Waals surface area (Å²) in [5.41, 5.74) is 0. The van der Waals surface area contributed by atoms with Crippen LogP contribution < -0.4 is 0 Å². The Bertz CT molecular complexity index is 72.8. The second-order valence-electron chi connectivity index (χ2n) is 1.34. The van der Waals surface area contributed by atoms with Crippen LogP contribution in [0, 0.1) is 0 Å². The highest BCUT2D eigenvalue weighted by Gasteiger charge is 1.91. The molecule has 0 radical (unpaired) electrons. The predicted octanol–water partition coefficient (Wildman–Crippen LogP) is 1.47. The van der Waals surface area contributed by atoms with Crippen LogP contribution in [0.2, 0.25) is 0 Å². The molecule has 0 N–H and O–H groups in total. The summed E-state index contributed by atoms with van der Waals surface area (Å²) in [7, 11) is -0.564. The van der Waals surface area contributed by atoms with Crippen molar-refractivity contribution in [3.63, 3.8) is 0 Å². The molecule has 50 valence electrons. The van der Waals surface area contributed by atoms with Crippen molar-refractivity contribution in [2.75, 3.05) is 16.6 Å². The van der Waals surface area contributed by atoms with Gasteiger partial charge in [-0.25, -0.2) is 0 Å². The molecule has 3 heteroatoms. The minimum atomic E-state index is -0.564. The van der Waals surface area contributed by atoms with Crippen LogP contribution in [0.3, 0.4) is 0 Å². The first-order chi connectivity index (χ1) is 3.81. The van der Waals surface area contributed by atoms with Gasteiger partial charge in [-0.2, -0.15) is 0 Å². The monoisotopic (exact) mass is 152 g/mol. The Morgan fingerprint density at radius 1 is 1.50 bits per heavy atom. The van der Waals surface area contributed by atoms with Crippen molar-refractivity contribution in [2.45, 2.75) is 13.8 Å². The number of thioether (sulfide) groups is 1. The zero-order valence-corrected chi connectivity index (χ0v) is 6.98. The molecule has 1 nitrogen and oxygen atoms in total. The molecule has 0 saturated carbocycles. The molecule has 8 heavy (non-hydrogen) atoms. The lowest BCUT2D eigenvalue weighted by Gasteiger charge is -1.93. The van der Waals surface area contributed by atoms with Crippen LogP contribution in [0.15, 0.2) is 0 Å². The maximum absolute atomic E-state index is 10.7.